The van der Waals surface area contributed by atoms with Gasteiger partial charge in [0.25, 0.3) is 0 Å². The van der Waals surface area contributed by atoms with E-state index in [4.69, 9.17) is 5.73 Å². The molecule has 0 saturated carbocycles. The van der Waals surface area contributed by atoms with Crippen molar-refractivity contribution in [2.24, 2.45) is 0 Å². The molecule has 5 heteroatoms. The molecule has 0 saturated heterocycles. The number of nitrogens with two attached hydrogens (primary N) is 1. The van der Waals surface area contributed by atoms with Gasteiger partial charge in [-0.3, -0.25) is 0 Å². The van der Waals surface area contributed by atoms with Crippen LogP contribution in [0, 0.1) is 0 Å². The Morgan fingerprint density at radius 2 is 2.12 bits per heavy atom. The van der Waals surface area contributed by atoms with Gasteiger partial charge in [-0.1, -0.05) is 0 Å². The van der Waals surface area contributed by atoms with Crippen LogP contribution in [0.4, 0.5) is 5.69 Å². The van der Waals surface area contributed by atoms with E-state index in [1.165, 1.54) is 12.8 Å². The molecule has 3 rings (SSSR count). The Balaban J connectivity index is 2.09. The van der Waals surface area contributed by atoms with E-state index in [0.29, 0.717) is 0 Å². The number of nitrogens with zero attached hydrogens (tertiary/aromatic N) is 3. The Labute approximate surface area is 108 Å². The van der Waals surface area contributed by atoms with Crippen molar-refractivity contribution in [3.8, 4) is 11.4 Å². The predicted octanol–water partition coefficient (Wildman–Crippen LogP) is 2.63. The van der Waals surface area contributed by atoms with Crippen LogP contribution in [0.15, 0.2) is 22.7 Å². The maximum absolute atomic E-state index is 5.90. The highest BCUT2D eigenvalue weighted by atomic mass is 79.9. The topological polar surface area (TPSA) is 56.7 Å². The zero-order valence-electron chi connectivity index (χ0n) is 9.36. The van der Waals surface area contributed by atoms with Gasteiger partial charge in [-0.15, -0.1) is 10.2 Å². The molecule has 0 unspecified atom stereocenters. The Bertz CT molecular complexity index is 562. The Morgan fingerprint density at radius 1 is 1.24 bits per heavy atom. The van der Waals surface area contributed by atoms with Crippen molar-refractivity contribution in [1.82, 2.24) is 14.8 Å². The van der Waals surface area contributed by atoms with E-state index in [1.54, 1.807) is 0 Å². The first-order valence-corrected chi connectivity index (χ1v) is 6.52. The fraction of sp³-hybridized carbons (Fsp3) is 0.333. The SMILES string of the molecule is Nc1cc(-c2nnc3n2CCCC3)ccc1Br. The minimum absolute atomic E-state index is 0.732. The van der Waals surface area contributed by atoms with Crippen LogP contribution < -0.4 is 5.73 Å². The van der Waals surface area contributed by atoms with Gasteiger partial charge in [0.15, 0.2) is 5.82 Å². The summed E-state index contributed by atoms with van der Waals surface area (Å²) >= 11 is 3.40. The molecule has 0 spiro atoms. The lowest BCUT2D eigenvalue weighted by Crippen LogP contribution is -2.11. The highest BCUT2D eigenvalue weighted by Gasteiger charge is 2.17. The van der Waals surface area contributed by atoms with Gasteiger partial charge in [0, 0.05) is 28.7 Å². The molecule has 0 aliphatic carbocycles. The third-order valence-corrected chi connectivity index (χ3v) is 3.84. The van der Waals surface area contributed by atoms with Crippen molar-refractivity contribution in [2.75, 3.05) is 5.73 Å². The van der Waals surface area contributed by atoms with Crippen molar-refractivity contribution in [3.05, 3.63) is 28.5 Å². The van der Waals surface area contributed by atoms with Crippen LogP contribution in [0.1, 0.15) is 18.7 Å². The zero-order valence-corrected chi connectivity index (χ0v) is 10.9. The van der Waals surface area contributed by atoms with E-state index in [9.17, 15) is 0 Å². The minimum Gasteiger partial charge on any atom is -0.398 e. The second-order valence-electron chi connectivity index (χ2n) is 4.28. The number of hydrogen-bond acceptors (Lipinski definition) is 3. The number of benzene rings is 1. The van der Waals surface area contributed by atoms with E-state index < -0.39 is 0 Å². The number of hydrogen-bond donors (Lipinski definition) is 1. The second kappa shape index (κ2) is 4.14. The Kier molecular flexibility index (Phi) is 2.63. The molecule has 88 valence electrons. The van der Waals surface area contributed by atoms with Gasteiger partial charge in [0.1, 0.15) is 5.82 Å². The Morgan fingerprint density at radius 3 is 2.94 bits per heavy atom. The molecule has 0 amide bonds. The molecule has 2 aromatic rings. The second-order valence-corrected chi connectivity index (χ2v) is 5.14. The van der Waals surface area contributed by atoms with Crippen LogP contribution in [0.2, 0.25) is 0 Å². The molecule has 2 N–H and O–H groups in total. The fourth-order valence-electron chi connectivity index (χ4n) is 2.20. The van der Waals surface area contributed by atoms with Gasteiger partial charge < -0.3 is 10.3 Å². The minimum atomic E-state index is 0.732. The molecule has 0 bridgehead atoms. The summed E-state index contributed by atoms with van der Waals surface area (Å²) in [4.78, 5) is 0. The molecule has 0 radical (unpaired) electrons. The van der Waals surface area contributed by atoms with Gasteiger partial charge in [-0.05, 0) is 47.0 Å². The first kappa shape index (κ1) is 10.8. The van der Waals surface area contributed by atoms with Gasteiger partial charge >= 0.3 is 0 Å². The average molecular weight is 293 g/mol. The normalized spacial score (nSPS) is 14.6. The van der Waals surface area contributed by atoms with Crippen LogP contribution in [0.25, 0.3) is 11.4 Å². The van der Waals surface area contributed by atoms with Crippen LogP contribution in [0.5, 0.6) is 0 Å². The number of halogens is 1. The first-order valence-electron chi connectivity index (χ1n) is 5.73. The summed E-state index contributed by atoms with van der Waals surface area (Å²) in [6.45, 7) is 1.01. The number of fused-ring (bicyclic) bond motifs is 1. The van der Waals surface area contributed by atoms with Gasteiger partial charge in [-0.25, -0.2) is 0 Å². The van der Waals surface area contributed by atoms with Crippen LogP contribution >= 0.6 is 15.9 Å². The van der Waals surface area contributed by atoms with Crippen molar-refractivity contribution in [2.45, 2.75) is 25.8 Å². The lowest BCUT2D eigenvalue weighted by molar-refractivity contribution is 0.526. The number of aromatic nitrogens is 3. The smallest absolute Gasteiger partial charge is 0.164 e. The largest absolute Gasteiger partial charge is 0.398 e. The molecule has 1 aromatic heterocycles. The number of nitrogen functional groups attached to an aromatic ring is 1. The van der Waals surface area contributed by atoms with E-state index in [1.807, 2.05) is 18.2 Å². The molecule has 1 aromatic carbocycles. The third kappa shape index (κ3) is 1.84. The van der Waals surface area contributed by atoms with Gasteiger partial charge in [0.2, 0.25) is 0 Å². The summed E-state index contributed by atoms with van der Waals surface area (Å²) in [7, 11) is 0. The number of rotatable bonds is 1. The molecular formula is C12H13BrN4. The van der Waals surface area contributed by atoms with Gasteiger partial charge in [0.05, 0.1) is 0 Å². The lowest BCUT2D eigenvalue weighted by atomic mass is 10.1. The summed E-state index contributed by atoms with van der Waals surface area (Å²) in [5.74, 6) is 2.02. The fourth-order valence-corrected chi connectivity index (χ4v) is 2.45. The quantitative estimate of drug-likeness (QED) is 0.822. The number of anilines is 1. The molecule has 2 heterocycles. The van der Waals surface area contributed by atoms with Crippen molar-refractivity contribution in [1.29, 1.82) is 0 Å². The summed E-state index contributed by atoms with van der Waals surface area (Å²) < 4.78 is 3.12. The zero-order chi connectivity index (χ0) is 11.8. The average Bonchev–Trinajstić information content (AvgIpc) is 2.76. The number of aryl methyl sites for hydroxylation is 1. The maximum Gasteiger partial charge on any atom is 0.164 e. The van der Waals surface area contributed by atoms with Crippen molar-refractivity contribution >= 4 is 21.6 Å². The van der Waals surface area contributed by atoms with Crippen LogP contribution in [-0.4, -0.2) is 14.8 Å². The van der Waals surface area contributed by atoms with E-state index in [0.717, 1.165) is 40.3 Å². The highest BCUT2D eigenvalue weighted by molar-refractivity contribution is 9.10. The molecular weight excluding hydrogens is 280 g/mol. The summed E-state index contributed by atoms with van der Waals surface area (Å²) in [5.41, 5.74) is 7.66. The van der Waals surface area contributed by atoms with Crippen molar-refractivity contribution < 1.29 is 0 Å². The standard InChI is InChI=1S/C12H13BrN4/c13-9-5-4-8(7-10(9)14)12-16-15-11-3-1-2-6-17(11)12/h4-5,7H,1-3,6,14H2. The summed E-state index contributed by atoms with van der Waals surface area (Å²) in [6.07, 6.45) is 3.43. The molecule has 1 aliphatic heterocycles. The Hall–Kier alpha value is -1.36. The van der Waals surface area contributed by atoms with E-state index in [-0.39, 0.29) is 0 Å². The molecule has 1 aliphatic rings. The first-order chi connectivity index (χ1) is 8.25. The van der Waals surface area contributed by atoms with E-state index in [2.05, 4.69) is 30.7 Å². The summed E-state index contributed by atoms with van der Waals surface area (Å²) in [6, 6.07) is 5.91. The van der Waals surface area contributed by atoms with Crippen molar-refractivity contribution in [3.63, 3.8) is 0 Å². The summed E-state index contributed by atoms with van der Waals surface area (Å²) in [5, 5.41) is 8.53. The molecule has 0 fully saturated rings. The molecule has 17 heavy (non-hydrogen) atoms. The van der Waals surface area contributed by atoms with Crippen LogP contribution in [-0.2, 0) is 13.0 Å². The van der Waals surface area contributed by atoms with Crippen LogP contribution in [0.3, 0.4) is 0 Å². The lowest BCUT2D eigenvalue weighted by Gasteiger charge is -2.14. The molecule has 4 nitrogen and oxygen atoms in total. The third-order valence-electron chi connectivity index (χ3n) is 3.11. The highest BCUT2D eigenvalue weighted by Crippen LogP contribution is 2.28. The molecule has 0 atom stereocenters. The maximum atomic E-state index is 5.90. The predicted molar refractivity (Wildman–Crippen MR) is 70.5 cm³/mol. The van der Waals surface area contributed by atoms with E-state index >= 15 is 0 Å². The van der Waals surface area contributed by atoms with Gasteiger partial charge in [-0.2, -0.15) is 0 Å². The monoisotopic (exact) mass is 292 g/mol.